The van der Waals surface area contributed by atoms with Gasteiger partial charge in [-0.3, -0.25) is 4.79 Å². The first-order valence-electron chi connectivity index (χ1n) is 6.29. The van der Waals surface area contributed by atoms with Gasteiger partial charge in [0.15, 0.2) is 5.71 Å². The molecule has 5 heteroatoms. The zero-order chi connectivity index (χ0) is 15.1. The van der Waals surface area contributed by atoms with E-state index in [0.29, 0.717) is 12.2 Å². The lowest BCUT2D eigenvalue weighted by atomic mass is 10.0. The SMILES string of the molecule is CO/N=C(/C(=O)Cl)c1ccccc1COc1ccccc1. The van der Waals surface area contributed by atoms with Crippen LogP contribution in [-0.2, 0) is 16.2 Å². The van der Waals surface area contributed by atoms with Crippen LogP contribution in [0.1, 0.15) is 11.1 Å². The van der Waals surface area contributed by atoms with Crippen LogP contribution in [0.3, 0.4) is 0 Å². The molecular weight excluding hydrogens is 290 g/mol. The van der Waals surface area contributed by atoms with Crippen molar-refractivity contribution in [2.45, 2.75) is 6.61 Å². The Hall–Kier alpha value is -2.33. The van der Waals surface area contributed by atoms with E-state index in [4.69, 9.17) is 16.3 Å². The summed E-state index contributed by atoms with van der Waals surface area (Å²) in [5.74, 6) is 0.745. The molecule has 0 bridgehead atoms. The second kappa shape index (κ2) is 7.45. The van der Waals surface area contributed by atoms with Gasteiger partial charge in [-0.25, -0.2) is 0 Å². The van der Waals surface area contributed by atoms with E-state index >= 15 is 0 Å². The summed E-state index contributed by atoms with van der Waals surface area (Å²) in [5, 5.41) is 3.01. The number of hydrogen-bond acceptors (Lipinski definition) is 4. The molecule has 2 rings (SSSR count). The lowest BCUT2D eigenvalue weighted by molar-refractivity contribution is -0.106. The van der Waals surface area contributed by atoms with Crippen LogP contribution in [0.15, 0.2) is 59.8 Å². The molecule has 21 heavy (non-hydrogen) atoms. The summed E-state index contributed by atoms with van der Waals surface area (Å²) < 4.78 is 5.69. The maximum Gasteiger partial charge on any atom is 0.274 e. The highest BCUT2D eigenvalue weighted by molar-refractivity contribution is 6.84. The highest BCUT2D eigenvalue weighted by Crippen LogP contribution is 2.16. The molecule has 0 aliphatic rings. The Morgan fingerprint density at radius 1 is 1.10 bits per heavy atom. The van der Waals surface area contributed by atoms with Gasteiger partial charge in [-0.15, -0.1) is 0 Å². The molecule has 0 saturated carbocycles. The fourth-order valence-electron chi connectivity index (χ4n) is 1.84. The van der Waals surface area contributed by atoms with Crippen LogP contribution in [0, 0.1) is 0 Å². The number of nitrogens with zero attached hydrogens (tertiary/aromatic N) is 1. The molecular formula is C16H14ClNO3. The van der Waals surface area contributed by atoms with Crippen molar-refractivity contribution >= 4 is 22.6 Å². The number of benzene rings is 2. The van der Waals surface area contributed by atoms with Gasteiger partial charge in [-0.1, -0.05) is 47.6 Å². The van der Waals surface area contributed by atoms with Gasteiger partial charge >= 0.3 is 0 Å². The van der Waals surface area contributed by atoms with Crippen molar-refractivity contribution < 1.29 is 14.4 Å². The third-order valence-corrected chi connectivity index (χ3v) is 2.96. The zero-order valence-electron chi connectivity index (χ0n) is 11.5. The number of carbonyl (C=O) groups excluding carboxylic acids is 1. The topological polar surface area (TPSA) is 47.9 Å². The molecule has 108 valence electrons. The lowest BCUT2D eigenvalue weighted by Crippen LogP contribution is -2.13. The number of hydrogen-bond donors (Lipinski definition) is 0. The van der Waals surface area contributed by atoms with Crippen molar-refractivity contribution in [1.82, 2.24) is 0 Å². The highest BCUT2D eigenvalue weighted by Gasteiger charge is 2.16. The third kappa shape index (κ3) is 4.07. The minimum atomic E-state index is -0.677. The third-order valence-electron chi connectivity index (χ3n) is 2.78. The van der Waals surface area contributed by atoms with Crippen LogP contribution >= 0.6 is 11.6 Å². The molecule has 0 atom stereocenters. The Kier molecular flexibility index (Phi) is 5.35. The van der Waals surface area contributed by atoms with Gasteiger partial charge in [-0.05, 0) is 29.3 Å². The second-order valence-electron chi connectivity index (χ2n) is 4.16. The van der Waals surface area contributed by atoms with E-state index in [0.717, 1.165) is 11.3 Å². The van der Waals surface area contributed by atoms with Crippen molar-refractivity contribution in [2.24, 2.45) is 5.16 Å². The molecule has 0 fully saturated rings. The molecule has 0 aromatic heterocycles. The summed E-state index contributed by atoms with van der Waals surface area (Å²) in [4.78, 5) is 16.2. The monoisotopic (exact) mass is 303 g/mol. The quantitative estimate of drug-likeness (QED) is 0.467. The van der Waals surface area contributed by atoms with Crippen molar-refractivity contribution in [3.8, 4) is 5.75 Å². The Balaban J connectivity index is 2.24. The summed E-state index contributed by atoms with van der Waals surface area (Å²) in [6.45, 7) is 0.299. The molecule has 0 N–H and O–H groups in total. The number of rotatable bonds is 6. The maximum atomic E-state index is 11.5. The molecule has 4 nitrogen and oxygen atoms in total. The number of para-hydroxylation sites is 1. The van der Waals surface area contributed by atoms with E-state index in [1.807, 2.05) is 42.5 Å². The molecule has 0 unspecified atom stereocenters. The van der Waals surface area contributed by atoms with Crippen molar-refractivity contribution in [3.63, 3.8) is 0 Å². The molecule has 0 aliphatic carbocycles. The summed E-state index contributed by atoms with van der Waals surface area (Å²) in [5.41, 5.74) is 1.45. The van der Waals surface area contributed by atoms with Crippen LogP contribution in [0.2, 0.25) is 0 Å². The first kappa shape index (κ1) is 15.1. The lowest BCUT2D eigenvalue weighted by Gasteiger charge is -2.10. The minimum Gasteiger partial charge on any atom is -0.489 e. The van der Waals surface area contributed by atoms with E-state index in [9.17, 15) is 4.79 Å². The van der Waals surface area contributed by atoms with Gasteiger partial charge < -0.3 is 9.57 Å². The van der Waals surface area contributed by atoms with Crippen molar-refractivity contribution in [1.29, 1.82) is 0 Å². The van der Waals surface area contributed by atoms with E-state index in [1.165, 1.54) is 7.11 Å². The smallest absolute Gasteiger partial charge is 0.274 e. The number of ether oxygens (including phenoxy) is 1. The Morgan fingerprint density at radius 2 is 1.76 bits per heavy atom. The van der Waals surface area contributed by atoms with Crippen LogP contribution in [0.25, 0.3) is 0 Å². The van der Waals surface area contributed by atoms with E-state index in [2.05, 4.69) is 9.99 Å². The molecule has 0 radical (unpaired) electrons. The van der Waals surface area contributed by atoms with Crippen LogP contribution in [-0.4, -0.2) is 18.1 Å². The molecule has 0 amide bonds. The van der Waals surface area contributed by atoms with Gasteiger partial charge in [0, 0.05) is 5.56 Å². The zero-order valence-corrected chi connectivity index (χ0v) is 12.2. The predicted molar refractivity (Wildman–Crippen MR) is 81.6 cm³/mol. The fourth-order valence-corrected chi connectivity index (χ4v) is 1.97. The Labute approximate surface area is 127 Å². The molecule has 0 aliphatic heterocycles. The van der Waals surface area contributed by atoms with Gasteiger partial charge in [0.25, 0.3) is 5.24 Å². The average Bonchev–Trinajstić information content (AvgIpc) is 2.52. The van der Waals surface area contributed by atoms with Crippen LogP contribution in [0.4, 0.5) is 0 Å². The van der Waals surface area contributed by atoms with Gasteiger partial charge in [-0.2, -0.15) is 0 Å². The first-order valence-corrected chi connectivity index (χ1v) is 6.67. The normalized spacial score (nSPS) is 11.0. The first-order chi connectivity index (χ1) is 10.2. The molecule has 0 saturated heterocycles. The Morgan fingerprint density at radius 3 is 2.43 bits per heavy atom. The number of halogens is 1. The van der Waals surface area contributed by atoms with Crippen molar-refractivity contribution in [3.05, 3.63) is 65.7 Å². The van der Waals surface area contributed by atoms with Crippen LogP contribution < -0.4 is 4.74 Å². The van der Waals surface area contributed by atoms with Gasteiger partial charge in [0.05, 0.1) is 0 Å². The Bertz CT molecular complexity index is 641. The van der Waals surface area contributed by atoms with Gasteiger partial charge in [0.1, 0.15) is 19.5 Å². The maximum absolute atomic E-state index is 11.5. The summed E-state index contributed by atoms with van der Waals surface area (Å²) >= 11 is 5.56. The fraction of sp³-hybridized carbons (Fsp3) is 0.125. The summed E-state index contributed by atoms with van der Waals surface area (Å²) in [6.07, 6.45) is 0. The average molecular weight is 304 g/mol. The van der Waals surface area contributed by atoms with Crippen LogP contribution in [0.5, 0.6) is 5.75 Å². The summed E-state index contributed by atoms with van der Waals surface area (Å²) in [7, 11) is 1.36. The molecule has 0 spiro atoms. The number of carbonyl (C=O) groups is 1. The van der Waals surface area contributed by atoms with E-state index < -0.39 is 5.24 Å². The number of oxime groups is 1. The van der Waals surface area contributed by atoms with E-state index in [-0.39, 0.29) is 5.71 Å². The van der Waals surface area contributed by atoms with Crippen molar-refractivity contribution in [2.75, 3.05) is 7.11 Å². The second-order valence-corrected chi connectivity index (χ2v) is 4.50. The predicted octanol–water partition coefficient (Wildman–Crippen LogP) is 3.38. The molecule has 0 heterocycles. The summed E-state index contributed by atoms with van der Waals surface area (Å²) in [6, 6.07) is 16.7. The minimum absolute atomic E-state index is 0.0615. The largest absolute Gasteiger partial charge is 0.489 e. The standard InChI is InChI=1S/C16H14ClNO3/c1-20-18-15(16(17)19)14-10-6-5-7-12(14)11-21-13-8-3-2-4-9-13/h2-10H,11H2,1H3/b18-15+. The van der Waals surface area contributed by atoms with E-state index in [1.54, 1.807) is 12.1 Å². The highest BCUT2D eigenvalue weighted by atomic mass is 35.5. The molecule has 2 aromatic carbocycles. The van der Waals surface area contributed by atoms with Gasteiger partial charge in [0.2, 0.25) is 0 Å². The molecule has 2 aromatic rings.